The van der Waals surface area contributed by atoms with Crippen molar-refractivity contribution in [1.82, 2.24) is 0 Å². The first kappa shape index (κ1) is 10.9. The zero-order valence-electron chi connectivity index (χ0n) is 6.96. The van der Waals surface area contributed by atoms with Gasteiger partial charge in [-0.15, -0.1) is 0 Å². The van der Waals surface area contributed by atoms with Crippen molar-refractivity contribution in [2.75, 3.05) is 6.61 Å². The van der Waals surface area contributed by atoms with Crippen LogP contribution in [0.5, 0.6) is 0 Å². The minimum absolute atomic E-state index is 0.0363. The van der Waals surface area contributed by atoms with E-state index in [1.807, 2.05) is 0 Å². The van der Waals surface area contributed by atoms with Gasteiger partial charge in [-0.05, 0) is 13.3 Å². The maximum absolute atomic E-state index is 13.0. The van der Waals surface area contributed by atoms with Crippen LogP contribution < -0.4 is 0 Å². The van der Waals surface area contributed by atoms with Gasteiger partial charge >= 0.3 is 11.9 Å². The number of carboxylic acids is 1. The molecule has 0 spiro atoms. The van der Waals surface area contributed by atoms with Gasteiger partial charge in [0.2, 0.25) is 5.67 Å². The Labute approximate surface area is 69.3 Å². The van der Waals surface area contributed by atoms with Gasteiger partial charge in [0.05, 0.1) is 0 Å². The third kappa shape index (κ3) is 3.32. The Hall–Kier alpha value is -1.13. The number of aliphatic carboxylic acids is 1. The van der Waals surface area contributed by atoms with Gasteiger partial charge in [-0.3, -0.25) is 0 Å². The molecule has 0 amide bonds. The maximum atomic E-state index is 13.0. The van der Waals surface area contributed by atoms with Crippen LogP contribution in [0.25, 0.3) is 0 Å². The molecule has 5 heteroatoms. The van der Waals surface area contributed by atoms with Crippen LogP contribution >= 0.6 is 0 Å². The first-order valence-electron chi connectivity index (χ1n) is 3.48. The third-order valence-electron chi connectivity index (χ3n) is 1.42. The summed E-state index contributed by atoms with van der Waals surface area (Å²) in [4.78, 5) is 20.7. The second-order valence-corrected chi connectivity index (χ2v) is 2.52. The average Bonchev–Trinajstić information content (AvgIpc) is 2.00. The number of alkyl halides is 1. The highest BCUT2D eigenvalue weighted by molar-refractivity contribution is 5.81. The Morgan fingerprint density at radius 3 is 2.42 bits per heavy atom. The van der Waals surface area contributed by atoms with Crippen molar-refractivity contribution in [3.8, 4) is 0 Å². The first-order valence-corrected chi connectivity index (χ1v) is 3.48. The van der Waals surface area contributed by atoms with Crippen LogP contribution in [0.1, 0.15) is 20.3 Å². The molecule has 0 aromatic carbocycles. The highest BCUT2D eigenvalue weighted by Crippen LogP contribution is 2.16. The van der Waals surface area contributed by atoms with Crippen molar-refractivity contribution < 1.29 is 23.8 Å². The standard InChI is InChI=1S/C7H11FO4/c1-3-7(2,8)6(11)12-4-5(9)10/h3-4H2,1-2H3,(H,9,10). The lowest BCUT2D eigenvalue weighted by Gasteiger charge is -2.14. The summed E-state index contributed by atoms with van der Waals surface area (Å²) in [6.07, 6.45) is -0.0363. The molecule has 1 unspecified atom stereocenters. The predicted octanol–water partition coefficient (Wildman–Crippen LogP) is 0.752. The lowest BCUT2D eigenvalue weighted by Crippen LogP contribution is -2.32. The van der Waals surface area contributed by atoms with Crippen molar-refractivity contribution in [2.45, 2.75) is 25.9 Å². The van der Waals surface area contributed by atoms with E-state index in [0.29, 0.717) is 0 Å². The summed E-state index contributed by atoms with van der Waals surface area (Å²) in [6.45, 7) is 1.73. The van der Waals surface area contributed by atoms with Crippen molar-refractivity contribution in [2.24, 2.45) is 0 Å². The number of carbonyl (C=O) groups is 2. The second kappa shape index (κ2) is 4.04. The van der Waals surface area contributed by atoms with Crippen LogP contribution in [0.4, 0.5) is 4.39 Å². The fourth-order valence-electron chi connectivity index (χ4n) is 0.422. The molecule has 0 aliphatic carbocycles. The van der Waals surface area contributed by atoms with E-state index < -0.39 is 24.2 Å². The number of halogens is 1. The fourth-order valence-corrected chi connectivity index (χ4v) is 0.422. The monoisotopic (exact) mass is 178 g/mol. The van der Waals surface area contributed by atoms with E-state index in [4.69, 9.17) is 5.11 Å². The number of hydrogen-bond donors (Lipinski definition) is 1. The average molecular weight is 178 g/mol. The Morgan fingerprint density at radius 1 is 1.58 bits per heavy atom. The molecule has 0 rings (SSSR count). The van der Waals surface area contributed by atoms with Gasteiger partial charge in [0.25, 0.3) is 0 Å². The molecule has 0 aromatic heterocycles. The van der Waals surface area contributed by atoms with E-state index in [-0.39, 0.29) is 6.42 Å². The largest absolute Gasteiger partial charge is 0.479 e. The smallest absolute Gasteiger partial charge is 0.344 e. The minimum Gasteiger partial charge on any atom is -0.479 e. The molecule has 0 aromatic rings. The Morgan fingerprint density at radius 2 is 2.08 bits per heavy atom. The lowest BCUT2D eigenvalue weighted by atomic mass is 10.1. The summed E-state index contributed by atoms with van der Waals surface area (Å²) in [6, 6.07) is 0. The number of rotatable bonds is 4. The molecule has 0 radical (unpaired) electrons. The fraction of sp³-hybridized carbons (Fsp3) is 0.714. The Bertz CT molecular complexity index is 188. The minimum atomic E-state index is -2.09. The van der Waals surface area contributed by atoms with Gasteiger partial charge in [-0.25, -0.2) is 14.0 Å². The molecular formula is C7H11FO4. The van der Waals surface area contributed by atoms with Crippen molar-refractivity contribution in [1.29, 1.82) is 0 Å². The molecular weight excluding hydrogens is 167 g/mol. The summed E-state index contributed by atoms with van der Waals surface area (Å²) in [5, 5.41) is 8.10. The van der Waals surface area contributed by atoms with Crippen molar-refractivity contribution >= 4 is 11.9 Å². The van der Waals surface area contributed by atoms with E-state index in [9.17, 15) is 14.0 Å². The zero-order valence-corrected chi connectivity index (χ0v) is 6.96. The van der Waals surface area contributed by atoms with Crippen LogP contribution in [0.15, 0.2) is 0 Å². The normalized spacial score (nSPS) is 14.9. The van der Waals surface area contributed by atoms with E-state index in [1.54, 1.807) is 0 Å². The van der Waals surface area contributed by atoms with E-state index in [2.05, 4.69) is 4.74 Å². The molecule has 0 fully saturated rings. The second-order valence-electron chi connectivity index (χ2n) is 2.52. The Balaban J connectivity index is 3.96. The molecule has 0 bridgehead atoms. The highest BCUT2D eigenvalue weighted by atomic mass is 19.1. The van der Waals surface area contributed by atoms with E-state index >= 15 is 0 Å². The molecule has 1 N–H and O–H groups in total. The van der Waals surface area contributed by atoms with Crippen LogP contribution in [0, 0.1) is 0 Å². The van der Waals surface area contributed by atoms with Crippen molar-refractivity contribution in [3.05, 3.63) is 0 Å². The summed E-state index contributed by atoms with van der Waals surface area (Å²) in [5.41, 5.74) is -2.09. The summed E-state index contributed by atoms with van der Waals surface area (Å²) in [7, 11) is 0. The molecule has 0 saturated carbocycles. The van der Waals surface area contributed by atoms with Gasteiger partial charge in [0, 0.05) is 0 Å². The quantitative estimate of drug-likeness (QED) is 0.645. The summed E-state index contributed by atoms with van der Waals surface area (Å²) < 4.78 is 17.1. The molecule has 4 nitrogen and oxygen atoms in total. The number of ether oxygens (including phenoxy) is 1. The van der Waals surface area contributed by atoms with Gasteiger partial charge in [0.15, 0.2) is 6.61 Å². The number of hydrogen-bond acceptors (Lipinski definition) is 3. The highest BCUT2D eigenvalue weighted by Gasteiger charge is 2.32. The lowest BCUT2D eigenvalue weighted by molar-refractivity contribution is -0.164. The van der Waals surface area contributed by atoms with Gasteiger partial charge in [-0.2, -0.15) is 0 Å². The molecule has 12 heavy (non-hydrogen) atoms. The van der Waals surface area contributed by atoms with Crippen molar-refractivity contribution in [3.63, 3.8) is 0 Å². The summed E-state index contributed by atoms with van der Waals surface area (Å²) in [5.74, 6) is -2.43. The third-order valence-corrected chi connectivity index (χ3v) is 1.42. The van der Waals surface area contributed by atoms with Crippen LogP contribution in [-0.4, -0.2) is 29.3 Å². The predicted molar refractivity (Wildman–Crippen MR) is 38.4 cm³/mol. The Kier molecular flexibility index (Phi) is 3.66. The molecule has 70 valence electrons. The number of carbonyl (C=O) groups excluding carboxylic acids is 1. The first-order chi connectivity index (χ1) is 5.40. The van der Waals surface area contributed by atoms with E-state index in [1.165, 1.54) is 6.92 Å². The maximum Gasteiger partial charge on any atom is 0.344 e. The van der Waals surface area contributed by atoms with Crippen LogP contribution in [0.2, 0.25) is 0 Å². The molecule has 0 saturated heterocycles. The molecule has 0 aliphatic rings. The van der Waals surface area contributed by atoms with Gasteiger partial charge in [0.1, 0.15) is 0 Å². The SMILES string of the molecule is CCC(C)(F)C(=O)OCC(=O)O. The molecule has 0 aliphatic heterocycles. The van der Waals surface area contributed by atoms with Crippen LogP contribution in [-0.2, 0) is 14.3 Å². The van der Waals surface area contributed by atoms with Crippen LogP contribution in [0.3, 0.4) is 0 Å². The number of esters is 1. The molecule has 1 atom stereocenters. The topological polar surface area (TPSA) is 63.6 Å². The van der Waals surface area contributed by atoms with Gasteiger partial charge in [-0.1, -0.05) is 6.92 Å². The summed E-state index contributed by atoms with van der Waals surface area (Å²) >= 11 is 0. The van der Waals surface area contributed by atoms with E-state index in [0.717, 1.165) is 6.92 Å². The number of carboxylic acid groups (broad SMARTS) is 1. The molecule has 0 heterocycles. The zero-order chi connectivity index (χ0) is 9.78. The van der Waals surface area contributed by atoms with Gasteiger partial charge < -0.3 is 9.84 Å².